The van der Waals surface area contributed by atoms with Gasteiger partial charge in [0.1, 0.15) is 12.1 Å². The third kappa shape index (κ3) is 7.53. The quantitative estimate of drug-likeness (QED) is 0.122. The molecule has 0 amide bonds. The molecule has 0 aromatic heterocycles. The molecule has 4 aromatic rings. The maximum atomic E-state index is 15.0. The highest BCUT2D eigenvalue weighted by atomic mass is 16.6. The standard InChI is InChI=1S/C45H51NO7/c1-6-51-42(48)39-37(31-19-11-7-12-20-31)38(41(47)53-40(32-21-13-8-14-22-32)33-23-15-9-16-24-33)45(5,46(39)50)43(49)52-36-29-30(2)27-28-35(36)44(3,4)34-25-17-10-18-26-34/h7-26,30,35-40,50H,6,27-29H2,1-5H3/t30-,35-,36-,37-,38-,39+,45+/m1/s1. The Bertz CT molecular complexity index is 1790. The van der Waals surface area contributed by atoms with Gasteiger partial charge in [0.15, 0.2) is 11.6 Å². The number of hydrogen-bond donors (Lipinski definition) is 1. The normalized spacial score (nSPS) is 26.2. The molecular formula is C45H51NO7. The number of carbonyl (C=O) groups excluding carboxylic acids is 3. The Morgan fingerprint density at radius 2 is 1.34 bits per heavy atom. The molecule has 0 radical (unpaired) electrons. The number of rotatable bonds is 11. The molecule has 53 heavy (non-hydrogen) atoms. The molecule has 6 rings (SSSR count). The lowest BCUT2D eigenvalue weighted by atomic mass is 9.64. The van der Waals surface area contributed by atoms with E-state index in [0.29, 0.717) is 23.0 Å². The highest BCUT2D eigenvalue weighted by Gasteiger charge is 2.68. The predicted molar refractivity (Wildman–Crippen MR) is 202 cm³/mol. The SMILES string of the molecule is CCOC(=O)[C@@H]1[C@H](c2ccccc2)[C@H](C(=O)OC(c2ccccc2)c2ccccc2)[C@@](C)(C(=O)O[C@@H]2C[C@H](C)CC[C@H]2C(C)(C)c2ccccc2)N1O. The number of hydrogen-bond acceptors (Lipinski definition) is 8. The molecule has 8 nitrogen and oxygen atoms in total. The van der Waals surface area contributed by atoms with Crippen LogP contribution >= 0.6 is 0 Å². The van der Waals surface area contributed by atoms with Gasteiger partial charge in [-0.25, -0.2) is 4.79 Å². The van der Waals surface area contributed by atoms with Crippen molar-refractivity contribution in [2.45, 2.75) is 89.0 Å². The van der Waals surface area contributed by atoms with E-state index in [-0.39, 0.29) is 17.9 Å². The van der Waals surface area contributed by atoms with E-state index in [1.54, 1.807) is 31.2 Å². The highest BCUT2D eigenvalue weighted by Crippen LogP contribution is 2.51. The van der Waals surface area contributed by atoms with Gasteiger partial charge in [0.25, 0.3) is 0 Å². The second-order valence-corrected chi connectivity index (χ2v) is 15.3. The summed E-state index contributed by atoms with van der Waals surface area (Å²) in [5.41, 5.74) is 0.797. The van der Waals surface area contributed by atoms with Gasteiger partial charge in [-0.05, 0) is 60.3 Å². The molecule has 0 unspecified atom stereocenters. The van der Waals surface area contributed by atoms with Gasteiger partial charge >= 0.3 is 17.9 Å². The van der Waals surface area contributed by atoms with Crippen LogP contribution in [0.5, 0.6) is 0 Å². The van der Waals surface area contributed by atoms with Crippen LogP contribution in [0.3, 0.4) is 0 Å². The first-order chi connectivity index (χ1) is 25.5. The Labute approximate surface area is 313 Å². The van der Waals surface area contributed by atoms with E-state index in [1.807, 2.05) is 84.9 Å². The first kappa shape index (κ1) is 38.0. The number of nitrogens with zero attached hydrogens (tertiary/aromatic N) is 1. The van der Waals surface area contributed by atoms with Crippen molar-refractivity contribution >= 4 is 17.9 Å². The molecule has 0 spiro atoms. The van der Waals surface area contributed by atoms with E-state index in [4.69, 9.17) is 14.2 Å². The zero-order chi connectivity index (χ0) is 37.8. The molecule has 1 saturated heterocycles. The summed E-state index contributed by atoms with van der Waals surface area (Å²) in [6, 6.07) is 36.6. The van der Waals surface area contributed by atoms with Crippen molar-refractivity contribution in [1.82, 2.24) is 5.06 Å². The van der Waals surface area contributed by atoms with Gasteiger partial charge in [0, 0.05) is 11.8 Å². The van der Waals surface area contributed by atoms with Crippen LogP contribution in [-0.4, -0.2) is 52.5 Å². The summed E-state index contributed by atoms with van der Waals surface area (Å²) in [7, 11) is 0. The Morgan fingerprint density at radius 3 is 1.89 bits per heavy atom. The topological polar surface area (TPSA) is 102 Å². The Morgan fingerprint density at radius 1 is 0.811 bits per heavy atom. The van der Waals surface area contributed by atoms with E-state index < -0.39 is 53.5 Å². The molecular weight excluding hydrogens is 666 g/mol. The van der Waals surface area contributed by atoms with Gasteiger partial charge in [0.2, 0.25) is 0 Å². The predicted octanol–water partition coefficient (Wildman–Crippen LogP) is 8.44. The number of hydroxylamine groups is 2. The summed E-state index contributed by atoms with van der Waals surface area (Å²) < 4.78 is 18.5. The number of esters is 3. The average Bonchev–Trinajstić information content (AvgIpc) is 3.42. The van der Waals surface area contributed by atoms with Crippen LogP contribution in [0.25, 0.3) is 0 Å². The smallest absolute Gasteiger partial charge is 0.329 e. The van der Waals surface area contributed by atoms with Crippen molar-refractivity contribution in [2.24, 2.45) is 17.8 Å². The third-order valence-electron chi connectivity index (χ3n) is 11.6. The van der Waals surface area contributed by atoms with Crippen molar-refractivity contribution in [3.63, 3.8) is 0 Å². The molecule has 4 aromatic carbocycles. The van der Waals surface area contributed by atoms with E-state index in [0.717, 1.165) is 29.5 Å². The van der Waals surface area contributed by atoms with E-state index >= 15 is 9.59 Å². The van der Waals surface area contributed by atoms with E-state index in [9.17, 15) is 10.0 Å². The lowest BCUT2D eigenvalue weighted by Crippen LogP contribution is -2.57. The van der Waals surface area contributed by atoms with Crippen LogP contribution in [-0.2, 0) is 34.0 Å². The summed E-state index contributed by atoms with van der Waals surface area (Å²) in [6.07, 6.45) is 1.10. The molecule has 0 bridgehead atoms. The van der Waals surface area contributed by atoms with Gasteiger partial charge in [-0.15, -0.1) is 0 Å². The van der Waals surface area contributed by atoms with Gasteiger partial charge in [0.05, 0.1) is 12.5 Å². The monoisotopic (exact) mass is 717 g/mol. The van der Waals surface area contributed by atoms with Crippen LogP contribution < -0.4 is 0 Å². The minimum absolute atomic E-state index is 0.0427. The van der Waals surface area contributed by atoms with Crippen LogP contribution in [0.15, 0.2) is 121 Å². The molecule has 1 heterocycles. The lowest BCUT2D eigenvalue weighted by Gasteiger charge is -2.45. The first-order valence-electron chi connectivity index (χ1n) is 18.7. The Balaban J connectivity index is 1.44. The second kappa shape index (κ2) is 16.1. The molecule has 1 aliphatic heterocycles. The minimum Gasteiger partial charge on any atom is -0.465 e. The van der Waals surface area contributed by atoms with Crippen molar-refractivity contribution in [3.05, 3.63) is 144 Å². The summed E-state index contributed by atoms with van der Waals surface area (Å²) in [5.74, 6) is -4.43. The first-order valence-corrected chi connectivity index (χ1v) is 18.7. The molecule has 1 saturated carbocycles. The maximum absolute atomic E-state index is 15.0. The Hall–Kier alpha value is -4.79. The van der Waals surface area contributed by atoms with Gasteiger partial charge < -0.3 is 19.4 Å². The molecule has 7 atom stereocenters. The van der Waals surface area contributed by atoms with E-state index in [2.05, 4.69) is 32.9 Å². The van der Waals surface area contributed by atoms with Crippen LogP contribution in [0.4, 0.5) is 0 Å². The fourth-order valence-corrected chi connectivity index (χ4v) is 8.63. The molecule has 8 heteroatoms. The zero-order valence-electron chi connectivity index (χ0n) is 31.3. The number of ether oxygens (including phenoxy) is 3. The van der Waals surface area contributed by atoms with Crippen LogP contribution in [0.2, 0.25) is 0 Å². The van der Waals surface area contributed by atoms with Crippen molar-refractivity contribution in [1.29, 1.82) is 0 Å². The van der Waals surface area contributed by atoms with Gasteiger partial charge in [-0.1, -0.05) is 149 Å². The lowest BCUT2D eigenvalue weighted by molar-refractivity contribution is -0.217. The molecule has 1 N–H and O–H groups in total. The van der Waals surface area contributed by atoms with Gasteiger partial charge in [-0.3, -0.25) is 9.59 Å². The summed E-state index contributed by atoms with van der Waals surface area (Å²) in [6.45, 7) is 9.71. The zero-order valence-corrected chi connectivity index (χ0v) is 31.3. The Kier molecular flexibility index (Phi) is 11.5. The molecule has 2 aliphatic rings. The number of carbonyl (C=O) groups is 3. The third-order valence-corrected chi connectivity index (χ3v) is 11.6. The molecule has 2 fully saturated rings. The summed E-state index contributed by atoms with van der Waals surface area (Å²) in [4.78, 5) is 43.9. The fourth-order valence-electron chi connectivity index (χ4n) is 8.63. The van der Waals surface area contributed by atoms with Crippen LogP contribution in [0.1, 0.15) is 88.2 Å². The second-order valence-electron chi connectivity index (χ2n) is 15.3. The van der Waals surface area contributed by atoms with Crippen LogP contribution in [0, 0.1) is 17.8 Å². The molecule has 278 valence electrons. The fraction of sp³-hybridized carbons (Fsp3) is 0.400. The van der Waals surface area contributed by atoms with Gasteiger partial charge in [-0.2, -0.15) is 5.06 Å². The van der Waals surface area contributed by atoms with Crippen molar-refractivity contribution < 1.29 is 33.8 Å². The average molecular weight is 718 g/mol. The minimum atomic E-state index is -2.03. The largest absolute Gasteiger partial charge is 0.465 e. The maximum Gasteiger partial charge on any atom is 0.329 e. The van der Waals surface area contributed by atoms with Crippen molar-refractivity contribution in [3.8, 4) is 0 Å². The highest BCUT2D eigenvalue weighted by molar-refractivity contribution is 5.93. The molecule has 1 aliphatic carbocycles. The summed E-state index contributed by atoms with van der Waals surface area (Å²) in [5, 5.41) is 12.9. The van der Waals surface area contributed by atoms with E-state index in [1.165, 1.54) is 6.92 Å². The summed E-state index contributed by atoms with van der Waals surface area (Å²) >= 11 is 0. The number of benzene rings is 4. The van der Waals surface area contributed by atoms with Crippen molar-refractivity contribution in [2.75, 3.05) is 6.61 Å².